The van der Waals surface area contributed by atoms with Crippen molar-refractivity contribution in [3.05, 3.63) is 0 Å². The van der Waals surface area contributed by atoms with E-state index < -0.39 is 10.0 Å². The molecule has 1 aliphatic heterocycles. The van der Waals surface area contributed by atoms with E-state index in [9.17, 15) is 13.2 Å². The third kappa shape index (κ3) is 6.04. The van der Waals surface area contributed by atoms with Crippen LogP contribution in [-0.4, -0.2) is 57.2 Å². The Morgan fingerprint density at radius 1 is 1.17 bits per heavy atom. The number of ether oxygens (including phenoxy) is 1. The lowest BCUT2D eigenvalue weighted by atomic mass is 9.88. The molecule has 7 heteroatoms. The van der Waals surface area contributed by atoms with E-state index in [1.165, 1.54) is 29.8 Å². The second-order valence-corrected chi connectivity index (χ2v) is 9.00. The summed E-state index contributed by atoms with van der Waals surface area (Å²) in [5, 5.41) is 2.93. The Morgan fingerprint density at radius 3 is 2.43 bits per heavy atom. The maximum Gasteiger partial charge on any atom is 0.246 e. The molecule has 1 aliphatic carbocycles. The molecule has 0 radical (unpaired) electrons. The number of sulfonamides is 1. The van der Waals surface area contributed by atoms with Crippen molar-refractivity contribution in [1.29, 1.82) is 0 Å². The van der Waals surface area contributed by atoms with Crippen LogP contribution in [0.15, 0.2) is 0 Å². The fraction of sp³-hybridized carbons (Fsp3) is 0.938. The van der Waals surface area contributed by atoms with Gasteiger partial charge in [0.2, 0.25) is 15.9 Å². The molecule has 2 aliphatic rings. The van der Waals surface area contributed by atoms with Crippen LogP contribution >= 0.6 is 0 Å². The SMILES string of the molecule is CC1CCCCC1OCC(=O)NCC1CCN(S(C)(=O)=O)CC1. The molecule has 1 N–H and O–H groups in total. The summed E-state index contributed by atoms with van der Waals surface area (Å²) in [6.45, 7) is 4.04. The molecule has 2 fully saturated rings. The Morgan fingerprint density at radius 2 is 1.83 bits per heavy atom. The monoisotopic (exact) mass is 346 g/mol. The Hall–Kier alpha value is -0.660. The van der Waals surface area contributed by atoms with Crippen LogP contribution in [0.4, 0.5) is 0 Å². The van der Waals surface area contributed by atoms with Gasteiger partial charge in [0.15, 0.2) is 0 Å². The summed E-state index contributed by atoms with van der Waals surface area (Å²) in [5.74, 6) is 0.829. The van der Waals surface area contributed by atoms with Crippen molar-refractivity contribution < 1.29 is 17.9 Å². The molecule has 2 rings (SSSR count). The van der Waals surface area contributed by atoms with Crippen LogP contribution in [0.1, 0.15) is 45.4 Å². The van der Waals surface area contributed by atoms with E-state index in [4.69, 9.17) is 4.74 Å². The van der Waals surface area contributed by atoms with Crippen LogP contribution in [0, 0.1) is 11.8 Å². The molecule has 0 aromatic rings. The lowest BCUT2D eigenvalue weighted by Gasteiger charge is -2.30. The van der Waals surface area contributed by atoms with Gasteiger partial charge in [-0.3, -0.25) is 4.79 Å². The maximum absolute atomic E-state index is 11.9. The summed E-state index contributed by atoms with van der Waals surface area (Å²) in [7, 11) is -3.08. The van der Waals surface area contributed by atoms with Gasteiger partial charge in [-0.05, 0) is 37.5 Å². The Labute approximate surface area is 140 Å². The van der Waals surface area contributed by atoms with Gasteiger partial charge in [0.1, 0.15) is 6.61 Å². The van der Waals surface area contributed by atoms with E-state index in [-0.39, 0.29) is 18.6 Å². The molecule has 0 bridgehead atoms. The molecule has 1 heterocycles. The van der Waals surface area contributed by atoms with Gasteiger partial charge in [-0.25, -0.2) is 12.7 Å². The highest BCUT2D eigenvalue weighted by atomic mass is 32.2. The van der Waals surface area contributed by atoms with E-state index in [0.29, 0.717) is 31.5 Å². The zero-order valence-corrected chi connectivity index (χ0v) is 15.1. The fourth-order valence-electron chi connectivity index (χ4n) is 3.47. The summed E-state index contributed by atoms with van der Waals surface area (Å²) in [4.78, 5) is 11.9. The maximum atomic E-state index is 11.9. The molecule has 0 aromatic heterocycles. The Kier molecular flexibility index (Phi) is 6.85. The van der Waals surface area contributed by atoms with Crippen molar-refractivity contribution in [2.24, 2.45) is 11.8 Å². The van der Waals surface area contributed by atoms with Crippen molar-refractivity contribution in [2.75, 3.05) is 32.5 Å². The van der Waals surface area contributed by atoms with Gasteiger partial charge in [0.25, 0.3) is 0 Å². The van der Waals surface area contributed by atoms with Crippen LogP contribution in [0.25, 0.3) is 0 Å². The van der Waals surface area contributed by atoms with Crippen molar-refractivity contribution in [3.8, 4) is 0 Å². The first kappa shape index (κ1) is 18.7. The smallest absolute Gasteiger partial charge is 0.246 e. The number of rotatable bonds is 6. The van der Waals surface area contributed by atoms with Crippen LogP contribution in [-0.2, 0) is 19.6 Å². The van der Waals surface area contributed by atoms with Gasteiger partial charge >= 0.3 is 0 Å². The summed E-state index contributed by atoms with van der Waals surface area (Å²) >= 11 is 0. The third-order valence-electron chi connectivity index (χ3n) is 5.09. The number of amides is 1. The molecule has 2 unspecified atom stereocenters. The number of carbonyl (C=O) groups excluding carboxylic acids is 1. The van der Waals surface area contributed by atoms with Crippen molar-refractivity contribution in [3.63, 3.8) is 0 Å². The lowest BCUT2D eigenvalue weighted by Crippen LogP contribution is -2.42. The first-order chi connectivity index (χ1) is 10.9. The average Bonchev–Trinajstić information content (AvgIpc) is 2.51. The summed E-state index contributed by atoms with van der Waals surface area (Å²) in [5.41, 5.74) is 0. The number of hydrogen-bond donors (Lipinski definition) is 1. The minimum absolute atomic E-state index is 0.0617. The quantitative estimate of drug-likeness (QED) is 0.788. The number of piperidine rings is 1. The second-order valence-electron chi connectivity index (χ2n) is 7.02. The first-order valence-electron chi connectivity index (χ1n) is 8.69. The highest BCUT2D eigenvalue weighted by Crippen LogP contribution is 2.26. The Balaban J connectivity index is 1.62. The van der Waals surface area contributed by atoms with Gasteiger partial charge in [-0.15, -0.1) is 0 Å². The minimum Gasteiger partial charge on any atom is -0.368 e. The van der Waals surface area contributed by atoms with E-state index in [1.807, 2.05) is 0 Å². The highest BCUT2D eigenvalue weighted by molar-refractivity contribution is 7.88. The first-order valence-corrected chi connectivity index (χ1v) is 10.5. The van der Waals surface area contributed by atoms with Gasteiger partial charge < -0.3 is 10.1 Å². The lowest BCUT2D eigenvalue weighted by molar-refractivity contribution is -0.129. The van der Waals surface area contributed by atoms with Crippen molar-refractivity contribution in [2.45, 2.75) is 51.6 Å². The zero-order chi connectivity index (χ0) is 16.9. The predicted octanol–water partition coefficient (Wildman–Crippen LogP) is 1.37. The van der Waals surface area contributed by atoms with Crippen molar-refractivity contribution in [1.82, 2.24) is 9.62 Å². The molecular formula is C16H30N2O4S. The molecule has 134 valence electrons. The highest BCUT2D eigenvalue weighted by Gasteiger charge is 2.25. The Bertz CT molecular complexity index is 486. The molecular weight excluding hydrogens is 316 g/mol. The fourth-order valence-corrected chi connectivity index (χ4v) is 4.34. The topological polar surface area (TPSA) is 75.7 Å². The van der Waals surface area contributed by atoms with Gasteiger partial charge in [0, 0.05) is 19.6 Å². The molecule has 6 nitrogen and oxygen atoms in total. The molecule has 1 saturated carbocycles. The molecule has 1 amide bonds. The largest absolute Gasteiger partial charge is 0.368 e. The van der Waals surface area contributed by atoms with Crippen LogP contribution in [0.3, 0.4) is 0 Å². The standard InChI is InChI=1S/C16H30N2O4S/c1-13-5-3-4-6-15(13)22-12-16(19)17-11-14-7-9-18(10-8-14)23(2,20)21/h13-15H,3-12H2,1-2H3,(H,17,19). The van der Waals surface area contributed by atoms with Crippen LogP contribution < -0.4 is 5.32 Å². The van der Waals surface area contributed by atoms with Crippen LogP contribution in [0.2, 0.25) is 0 Å². The van der Waals surface area contributed by atoms with E-state index >= 15 is 0 Å². The second kappa shape index (κ2) is 8.44. The summed E-state index contributed by atoms with van der Waals surface area (Å²) < 4.78 is 30.2. The minimum atomic E-state index is -3.08. The summed E-state index contributed by atoms with van der Waals surface area (Å²) in [6, 6.07) is 0. The van der Waals surface area contributed by atoms with Crippen LogP contribution in [0.5, 0.6) is 0 Å². The van der Waals surface area contributed by atoms with Gasteiger partial charge in [0.05, 0.1) is 12.4 Å². The van der Waals surface area contributed by atoms with E-state index in [1.54, 1.807) is 0 Å². The number of carbonyl (C=O) groups is 1. The average molecular weight is 346 g/mol. The summed E-state index contributed by atoms with van der Waals surface area (Å²) in [6.07, 6.45) is 7.76. The molecule has 23 heavy (non-hydrogen) atoms. The van der Waals surface area contributed by atoms with E-state index in [0.717, 1.165) is 19.3 Å². The molecule has 2 atom stereocenters. The third-order valence-corrected chi connectivity index (χ3v) is 6.39. The molecule has 1 saturated heterocycles. The number of nitrogens with zero attached hydrogens (tertiary/aromatic N) is 1. The predicted molar refractivity (Wildman–Crippen MR) is 89.5 cm³/mol. The normalized spacial score (nSPS) is 27.7. The van der Waals surface area contributed by atoms with Crippen molar-refractivity contribution >= 4 is 15.9 Å². The van der Waals surface area contributed by atoms with Gasteiger partial charge in [-0.1, -0.05) is 19.8 Å². The molecule has 0 aromatic carbocycles. The zero-order valence-electron chi connectivity index (χ0n) is 14.3. The van der Waals surface area contributed by atoms with E-state index in [2.05, 4.69) is 12.2 Å². The van der Waals surface area contributed by atoms with Gasteiger partial charge in [-0.2, -0.15) is 0 Å². The number of nitrogens with one attached hydrogen (secondary N) is 1. The number of hydrogen-bond acceptors (Lipinski definition) is 4. The molecule has 0 spiro atoms.